The number of hydrogen-bond acceptors (Lipinski definition) is 2. The third-order valence-electron chi connectivity index (χ3n) is 3.14. The molecule has 0 bridgehead atoms. The van der Waals surface area contributed by atoms with Crippen LogP contribution in [0.1, 0.15) is 12.8 Å². The summed E-state index contributed by atoms with van der Waals surface area (Å²) >= 11 is 1.56. The predicted molar refractivity (Wildman–Crippen MR) is 73.5 cm³/mol. The van der Waals surface area contributed by atoms with Gasteiger partial charge in [-0.3, -0.25) is 5.32 Å². The van der Waals surface area contributed by atoms with Gasteiger partial charge in [-0.1, -0.05) is 0 Å². The van der Waals surface area contributed by atoms with Gasteiger partial charge in [0.2, 0.25) is 0 Å². The van der Waals surface area contributed by atoms with E-state index in [4.69, 9.17) is 0 Å². The lowest BCUT2D eigenvalue weighted by molar-refractivity contribution is 0.222. The van der Waals surface area contributed by atoms with E-state index in [1.807, 2.05) is 45.4 Å². The number of likely N-dealkylation sites (tertiary alicyclic amines) is 1. The van der Waals surface area contributed by atoms with Crippen molar-refractivity contribution in [2.75, 3.05) is 18.4 Å². The summed E-state index contributed by atoms with van der Waals surface area (Å²) in [6.45, 7) is 1.74. The minimum absolute atomic E-state index is 0.0170. The van der Waals surface area contributed by atoms with Crippen LogP contribution in [0.2, 0.25) is 0 Å². The van der Waals surface area contributed by atoms with E-state index in [2.05, 4.69) is 5.32 Å². The van der Waals surface area contributed by atoms with Crippen molar-refractivity contribution in [3.05, 3.63) is 36.0 Å². The number of nitrogens with one attached hydrogen (secondary N) is 1. The lowest BCUT2D eigenvalue weighted by Gasteiger charge is -2.16. The number of rotatable bonds is 2. The molecule has 1 aliphatic heterocycles. The van der Waals surface area contributed by atoms with Crippen molar-refractivity contribution in [1.29, 1.82) is 0 Å². The molecule has 0 unspecified atom stereocenters. The Balaban J connectivity index is 1.77. The molecule has 1 saturated heterocycles. The summed E-state index contributed by atoms with van der Waals surface area (Å²) in [4.78, 5) is 13.9. The molecule has 18 heavy (non-hydrogen) atoms. The monoisotopic (exact) mass is 261 g/mol. The summed E-state index contributed by atoms with van der Waals surface area (Å²) in [5.74, 6) is 0. The number of aromatic nitrogens is 1. The Morgan fingerprint density at radius 1 is 1.22 bits per heavy atom. The smallest absolute Gasteiger partial charge is 0.322 e. The number of thiophene rings is 1. The first-order valence-electron chi connectivity index (χ1n) is 6.11. The van der Waals surface area contributed by atoms with Crippen molar-refractivity contribution in [2.24, 2.45) is 0 Å². The average Bonchev–Trinajstić information content (AvgIpc) is 3.11. The molecule has 4 nitrogen and oxygen atoms in total. The Labute approximate surface area is 110 Å². The van der Waals surface area contributed by atoms with Gasteiger partial charge in [0.1, 0.15) is 5.00 Å². The Morgan fingerprint density at radius 3 is 2.67 bits per heavy atom. The zero-order valence-electron chi connectivity index (χ0n) is 10.0. The van der Waals surface area contributed by atoms with Crippen LogP contribution in [-0.4, -0.2) is 28.6 Å². The van der Waals surface area contributed by atoms with E-state index < -0.39 is 0 Å². The minimum Gasteiger partial charge on any atom is -0.325 e. The van der Waals surface area contributed by atoms with E-state index in [0.29, 0.717) is 0 Å². The fraction of sp³-hybridized carbons (Fsp3) is 0.308. The lowest BCUT2D eigenvalue weighted by atomic mass is 10.4. The van der Waals surface area contributed by atoms with Crippen LogP contribution in [0.3, 0.4) is 0 Å². The van der Waals surface area contributed by atoms with Crippen LogP contribution < -0.4 is 5.32 Å². The maximum absolute atomic E-state index is 12.0. The molecule has 3 heterocycles. The van der Waals surface area contributed by atoms with Crippen LogP contribution in [0.25, 0.3) is 5.69 Å². The van der Waals surface area contributed by atoms with E-state index in [-0.39, 0.29) is 6.03 Å². The Kier molecular flexibility index (Phi) is 3.06. The summed E-state index contributed by atoms with van der Waals surface area (Å²) in [5.41, 5.74) is 1.03. The molecule has 2 aromatic rings. The van der Waals surface area contributed by atoms with Gasteiger partial charge in [0.05, 0.1) is 5.69 Å². The van der Waals surface area contributed by atoms with Crippen LogP contribution in [0.5, 0.6) is 0 Å². The second-order valence-corrected chi connectivity index (χ2v) is 5.27. The number of anilines is 1. The molecule has 0 aliphatic carbocycles. The van der Waals surface area contributed by atoms with Gasteiger partial charge in [-0.2, -0.15) is 0 Å². The van der Waals surface area contributed by atoms with Crippen molar-refractivity contribution in [3.63, 3.8) is 0 Å². The summed E-state index contributed by atoms with van der Waals surface area (Å²) in [6, 6.07) is 5.99. The maximum atomic E-state index is 12.0. The zero-order chi connectivity index (χ0) is 12.4. The third-order valence-corrected chi connectivity index (χ3v) is 3.96. The normalized spacial score (nSPS) is 15.0. The van der Waals surface area contributed by atoms with Gasteiger partial charge in [-0.05, 0) is 36.4 Å². The topological polar surface area (TPSA) is 37.3 Å². The summed E-state index contributed by atoms with van der Waals surface area (Å²) < 4.78 is 2.01. The van der Waals surface area contributed by atoms with Gasteiger partial charge in [-0.15, -0.1) is 11.3 Å². The van der Waals surface area contributed by atoms with Crippen molar-refractivity contribution >= 4 is 22.4 Å². The van der Waals surface area contributed by atoms with Crippen molar-refractivity contribution in [2.45, 2.75) is 12.8 Å². The third kappa shape index (κ3) is 2.13. The van der Waals surface area contributed by atoms with Gasteiger partial charge >= 0.3 is 6.03 Å². The number of nitrogens with zero attached hydrogens (tertiary/aromatic N) is 2. The first-order valence-corrected chi connectivity index (χ1v) is 6.99. The van der Waals surface area contributed by atoms with E-state index in [1.165, 1.54) is 0 Å². The number of carbonyl (C=O) groups is 1. The number of amides is 2. The van der Waals surface area contributed by atoms with Crippen molar-refractivity contribution < 1.29 is 4.79 Å². The molecule has 5 heteroatoms. The molecule has 1 fully saturated rings. The van der Waals surface area contributed by atoms with E-state index in [1.54, 1.807) is 11.3 Å². The van der Waals surface area contributed by atoms with Gasteiger partial charge in [0, 0.05) is 25.5 Å². The van der Waals surface area contributed by atoms with Gasteiger partial charge < -0.3 is 9.47 Å². The molecule has 0 radical (unpaired) electrons. The Hall–Kier alpha value is -1.75. The highest BCUT2D eigenvalue weighted by atomic mass is 32.1. The molecule has 2 amide bonds. The second kappa shape index (κ2) is 4.86. The Morgan fingerprint density at radius 2 is 1.94 bits per heavy atom. The van der Waals surface area contributed by atoms with Crippen LogP contribution in [0.15, 0.2) is 36.0 Å². The highest BCUT2D eigenvalue weighted by Gasteiger charge is 2.19. The largest absolute Gasteiger partial charge is 0.325 e. The van der Waals surface area contributed by atoms with E-state index in [9.17, 15) is 4.79 Å². The quantitative estimate of drug-likeness (QED) is 0.885. The van der Waals surface area contributed by atoms with Crippen LogP contribution in [0.4, 0.5) is 9.80 Å². The van der Waals surface area contributed by atoms with Crippen molar-refractivity contribution in [1.82, 2.24) is 9.47 Å². The fourth-order valence-corrected chi connectivity index (χ4v) is 2.96. The van der Waals surface area contributed by atoms with E-state index in [0.717, 1.165) is 36.6 Å². The van der Waals surface area contributed by atoms with Gasteiger partial charge in [-0.25, -0.2) is 4.79 Å². The van der Waals surface area contributed by atoms with Crippen LogP contribution in [-0.2, 0) is 0 Å². The second-order valence-electron chi connectivity index (χ2n) is 4.35. The minimum atomic E-state index is 0.0170. The SMILES string of the molecule is O=C(Nc1sccc1-n1cccc1)N1CCCC1. The fourth-order valence-electron chi connectivity index (χ4n) is 2.19. The van der Waals surface area contributed by atoms with Crippen molar-refractivity contribution in [3.8, 4) is 5.69 Å². The van der Waals surface area contributed by atoms with Gasteiger partial charge in [0.15, 0.2) is 0 Å². The summed E-state index contributed by atoms with van der Waals surface area (Å²) in [6.07, 6.45) is 6.19. The highest BCUT2D eigenvalue weighted by molar-refractivity contribution is 7.14. The van der Waals surface area contributed by atoms with Crippen LogP contribution >= 0.6 is 11.3 Å². The first-order chi connectivity index (χ1) is 8.84. The lowest BCUT2D eigenvalue weighted by Crippen LogP contribution is -2.32. The predicted octanol–water partition coefficient (Wildman–Crippen LogP) is 3.17. The summed E-state index contributed by atoms with van der Waals surface area (Å²) in [7, 11) is 0. The Bertz CT molecular complexity index is 526. The number of hydrogen-bond donors (Lipinski definition) is 1. The highest BCUT2D eigenvalue weighted by Crippen LogP contribution is 2.27. The molecular formula is C13H15N3OS. The van der Waals surface area contributed by atoms with Crippen LogP contribution in [0, 0.1) is 0 Å². The zero-order valence-corrected chi connectivity index (χ0v) is 10.8. The molecule has 3 rings (SSSR count). The molecule has 2 aromatic heterocycles. The molecule has 0 aromatic carbocycles. The molecule has 0 atom stereocenters. The molecular weight excluding hydrogens is 246 g/mol. The number of carbonyl (C=O) groups excluding carboxylic acids is 1. The maximum Gasteiger partial charge on any atom is 0.322 e. The molecule has 1 aliphatic rings. The number of urea groups is 1. The van der Waals surface area contributed by atoms with Gasteiger partial charge in [0.25, 0.3) is 0 Å². The molecule has 1 N–H and O–H groups in total. The van der Waals surface area contributed by atoms with E-state index >= 15 is 0 Å². The molecule has 0 saturated carbocycles. The first kappa shape index (κ1) is 11.3. The average molecular weight is 261 g/mol. The summed E-state index contributed by atoms with van der Waals surface area (Å²) in [5, 5.41) is 5.91. The standard InChI is InChI=1S/C13H15N3OS/c17-13(16-8-3-4-9-16)14-12-11(5-10-18-12)15-6-1-2-7-15/h1-2,5-7,10H,3-4,8-9H2,(H,14,17). The molecule has 0 spiro atoms. The molecule has 94 valence electrons.